The second kappa shape index (κ2) is 4.40. The third kappa shape index (κ3) is 2.71. The van der Waals surface area contributed by atoms with Gasteiger partial charge < -0.3 is 38.9 Å². The first-order valence-electron chi connectivity index (χ1n) is 3.91. The van der Waals surface area contributed by atoms with E-state index in [1.807, 2.05) is 0 Å². The smallest absolute Gasteiger partial charge is 0.378 e. The lowest BCUT2D eigenvalue weighted by Gasteiger charge is -2.28. The molecule has 0 spiro atoms. The predicted octanol–water partition coefficient (Wildman–Crippen LogP) is -3.12. The first-order chi connectivity index (χ1) is 7.26. The van der Waals surface area contributed by atoms with Gasteiger partial charge in [0.2, 0.25) is 0 Å². The molecule has 16 heavy (non-hydrogen) atoms. The Morgan fingerprint density at radius 3 is 2.56 bits per heavy atom. The van der Waals surface area contributed by atoms with Gasteiger partial charge in [0.05, 0.1) is 6.61 Å². The zero-order chi connectivity index (χ0) is 12.5. The van der Waals surface area contributed by atoms with E-state index in [-0.39, 0.29) is 0 Å². The minimum absolute atomic E-state index is 0.846. The average molecular weight is 254 g/mol. The Morgan fingerprint density at radius 1 is 1.56 bits per heavy atom. The Kier molecular flexibility index (Phi) is 3.56. The summed E-state index contributed by atoms with van der Waals surface area (Å²) in [6.45, 7) is -0.846. The summed E-state index contributed by atoms with van der Waals surface area (Å²) in [5, 5.41) is 26.8. The normalized spacial score (nSPS) is 23.2. The summed E-state index contributed by atoms with van der Waals surface area (Å²) >= 11 is 0. The first kappa shape index (κ1) is 12.9. The minimum Gasteiger partial charge on any atom is -0.780 e. The van der Waals surface area contributed by atoms with Gasteiger partial charge in [-0.3, -0.25) is 0 Å². The van der Waals surface area contributed by atoms with Crippen LogP contribution in [-0.2, 0) is 18.6 Å². The fourth-order valence-corrected chi connectivity index (χ4v) is 1.40. The van der Waals surface area contributed by atoms with Gasteiger partial charge in [-0.15, -0.1) is 0 Å². The molecule has 10 heteroatoms. The number of aliphatic hydroxyl groups is 3. The van der Waals surface area contributed by atoms with Crippen LogP contribution in [0.25, 0.3) is 0 Å². The number of carbonyl (C=O) groups excluding carboxylic acids is 1. The van der Waals surface area contributed by atoms with Gasteiger partial charge in [-0.1, -0.05) is 0 Å². The molecule has 0 fully saturated rings. The van der Waals surface area contributed by atoms with E-state index in [1.54, 1.807) is 0 Å². The van der Waals surface area contributed by atoms with Crippen molar-refractivity contribution in [2.45, 2.75) is 12.2 Å². The number of phosphoric ester groups is 1. The number of hydrogen-bond donors (Lipinski definition) is 3. The van der Waals surface area contributed by atoms with Crippen LogP contribution in [0.3, 0.4) is 0 Å². The van der Waals surface area contributed by atoms with E-state index >= 15 is 0 Å². The van der Waals surface area contributed by atoms with Crippen molar-refractivity contribution in [3.8, 4) is 0 Å². The van der Waals surface area contributed by atoms with E-state index < -0.39 is 44.1 Å². The SMILES string of the molecule is O=C1OC(C(O)CO)C(O)=C1OP(=O)([O-])[O-]. The monoisotopic (exact) mass is 254 g/mol. The summed E-state index contributed by atoms with van der Waals surface area (Å²) in [5.41, 5.74) is 0. The number of carbonyl (C=O) groups is 1. The van der Waals surface area contributed by atoms with Crippen LogP contribution >= 0.6 is 7.82 Å². The fraction of sp³-hybridized carbons (Fsp3) is 0.500. The van der Waals surface area contributed by atoms with E-state index in [0.29, 0.717) is 0 Å². The molecule has 0 saturated heterocycles. The van der Waals surface area contributed by atoms with Crippen LogP contribution in [-0.4, -0.2) is 40.1 Å². The van der Waals surface area contributed by atoms with E-state index in [1.165, 1.54) is 0 Å². The number of phosphoric acid groups is 1. The number of cyclic esters (lactones) is 1. The molecule has 9 nitrogen and oxygen atoms in total. The standard InChI is InChI=1S/C6H9O9P/c7-1-2(8)4-3(9)5(6(10)14-4)15-16(11,12)13/h2,4,7-9H,1H2,(H2,11,12,13)/p-2. The van der Waals surface area contributed by atoms with Crippen LogP contribution in [0.1, 0.15) is 0 Å². The predicted molar refractivity (Wildman–Crippen MR) is 41.3 cm³/mol. The minimum atomic E-state index is -5.52. The van der Waals surface area contributed by atoms with E-state index in [9.17, 15) is 24.3 Å². The molecule has 0 amide bonds. The van der Waals surface area contributed by atoms with Crippen LogP contribution in [0.5, 0.6) is 0 Å². The molecular weight excluding hydrogens is 247 g/mol. The zero-order valence-electron chi connectivity index (χ0n) is 7.60. The number of rotatable bonds is 4. The third-order valence-corrected chi connectivity index (χ3v) is 2.07. The lowest BCUT2D eigenvalue weighted by molar-refractivity contribution is -0.338. The van der Waals surface area contributed by atoms with Crippen molar-refractivity contribution in [2.24, 2.45) is 0 Å². The van der Waals surface area contributed by atoms with Crippen molar-refractivity contribution in [1.29, 1.82) is 0 Å². The molecule has 1 aliphatic heterocycles. The highest BCUT2D eigenvalue weighted by Crippen LogP contribution is 2.35. The lowest BCUT2D eigenvalue weighted by atomic mass is 10.2. The van der Waals surface area contributed by atoms with Crippen molar-refractivity contribution in [1.82, 2.24) is 0 Å². The summed E-state index contributed by atoms with van der Waals surface area (Å²) in [6, 6.07) is 0. The second-order valence-corrected chi connectivity index (χ2v) is 3.91. The van der Waals surface area contributed by atoms with Crippen molar-refractivity contribution in [3.63, 3.8) is 0 Å². The molecule has 92 valence electrons. The zero-order valence-corrected chi connectivity index (χ0v) is 8.49. The second-order valence-electron chi connectivity index (χ2n) is 2.83. The van der Waals surface area contributed by atoms with Crippen molar-refractivity contribution < 1.29 is 43.7 Å². The van der Waals surface area contributed by atoms with Crippen LogP contribution in [0.2, 0.25) is 0 Å². The van der Waals surface area contributed by atoms with Gasteiger partial charge >= 0.3 is 5.97 Å². The van der Waals surface area contributed by atoms with Gasteiger partial charge in [0.1, 0.15) is 13.9 Å². The Hall–Kier alpha value is -1.12. The number of ether oxygens (including phenoxy) is 1. The van der Waals surface area contributed by atoms with Crippen molar-refractivity contribution >= 4 is 13.8 Å². The van der Waals surface area contributed by atoms with Crippen molar-refractivity contribution in [2.75, 3.05) is 6.61 Å². The van der Waals surface area contributed by atoms with Crippen molar-refractivity contribution in [3.05, 3.63) is 11.5 Å². The average Bonchev–Trinajstić information content (AvgIpc) is 2.42. The summed E-state index contributed by atoms with van der Waals surface area (Å²) in [6.07, 6.45) is -3.30. The molecule has 0 aromatic heterocycles. The van der Waals surface area contributed by atoms with Gasteiger partial charge in [0.15, 0.2) is 11.9 Å². The Morgan fingerprint density at radius 2 is 2.12 bits per heavy atom. The summed E-state index contributed by atoms with van der Waals surface area (Å²) in [5.74, 6) is -3.67. The molecule has 0 radical (unpaired) electrons. The molecule has 2 unspecified atom stereocenters. The maximum atomic E-state index is 10.9. The van der Waals surface area contributed by atoms with Crippen LogP contribution in [0.15, 0.2) is 11.5 Å². The molecular formula is C6H7O9P-2. The van der Waals surface area contributed by atoms with Gasteiger partial charge in [-0.25, -0.2) is 4.79 Å². The summed E-state index contributed by atoms with van der Waals surface area (Å²) < 4.78 is 18.2. The highest BCUT2D eigenvalue weighted by Gasteiger charge is 2.40. The third-order valence-electron chi connectivity index (χ3n) is 1.66. The maximum Gasteiger partial charge on any atom is 0.378 e. The Bertz CT molecular complexity index is 368. The topological polar surface area (TPSA) is 159 Å². The number of esters is 1. The molecule has 1 heterocycles. The molecule has 0 saturated carbocycles. The molecule has 0 aliphatic carbocycles. The molecule has 1 rings (SSSR count). The van der Waals surface area contributed by atoms with Gasteiger partial charge in [0, 0.05) is 0 Å². The maximum absolute atomic E-state index is 10.9. The lowest BCUT2D eigenvalue weighted by Crippen LogP contribution is -2.31. The Balaban J connectivity index is 2.94. The van der Waals surface area contributed by atoms with E-state index in [0.717, 1.165) is 0 Å². The molecule has 0 bridgehead atoms. The summed E-state index contributed by atoms with van der Waals surface area (Å²) in [4.78, 5) is 31.4. The van der Waals surface area contributed by atoms with Crippen LogP contribution in [0, 0.1) is 0 Å². The fourth-order valence-electron chi connectivity index (χ4n) is 1.01. The molecule has 0 aromatic rings. The number of hydrogen-bond acceptors (Lipinski definition) is 9. The molecule has 0 aromatic carbocycles. The van der Waals surface area contributed by atoms with Gasteiger partial charge in [0.25, 0.3) is 5.76 Å². The molecule has 3 N–H and O–H groups in total. The summed E-state index contributed by atoms with van der Waals surface area (Å²) in [7, 11) is -5.52. The quantitative estimate of drug-likeness (QED) is 0.348. The van der Waals surface area contributed by atoms with Crippen LogP contribution < -0.4 is 9.79 Å². The first-order valence-corrected chi connectivity index (χ1v) is 5.37. The highest BCUT2D eigenvalue weighted by molar-refractivity contribution is 7.43. The Labute approximate surface area is 88.8 Å². The molecule has 1 aliphatic rings. The largest absolute Gasteiger partial charge is 0.780 e. The highest BCUT2D eigenvalue weighted by atomic mass is 31.2. The number of aliphatic hydroxyl groups excluding tert-OH is 3. The van der Waals surface area contributed by atoms with Gasteiger partial charge in [-0.05, 0) is 0 Å². The van der Waals surface area contributed by atoms with Crippen LogP contribution in [0.4, 0.5) is 0 Å². The van der Waals surface area contributed by atoms with Gasteiger partial charge in [-0.2, -0.15) is 0 Å². The van der Waals surface area contributed by atoms with E-state index in [2.05, 4.69) is 9.26 Å². The van der Waals surface area contributed by atoms with E-state index in [4.69, 9.17) is 10.2 Å². The molecule has 2 atom stereocenters.